The second-order valence-electron chi connectivity index (χ2n) is 12.3. The lowest BCUT2D eigenvalue weighted by Crippen LogP contribution is -2.17. The van der Waals surface area contributed by atoms with Crippen LogP contribution in [-0.2, 0) is 10.8 Å². The number of nitrogens with zero attached hydrogens (tertiary/aromatic N) is 2. The molecular weight excluding hydrogens is 434 g/mol. The van der Waals surface area contributed by atoms with Gasteiger partial charge in [0, 0.05) is 29.4 Å². The SMILES string of the molecule is CC(C)(C)c1cc2n[b-](-c3ccccc3)c3cc(C(C)(C)C)cc4[b-](-c5ccccc5)nc(c1)c2c34. The van der Waals surface area contributed by atoms with Crippen LogP contribution in [0.4, 0.5) is 0 Å². The monoisotopic (exact) mass is 466 g/mol. The van der Waals surface area contributed by atoms with Crippen molar-refractivity contribution in [2.45, 2.75) is 52.4 Å². The molecule has 2 heterocycles. The predicted molar refractivity (Wildman–Crippen MR) is 158 cm³/mol. The van der Waals surface area contributed by atoms with Crippen molar-refractivity contribution in [2.75, 3.05) is 0 Å². The first-order valence-electron chi connectivity index (χ1n) is 13.0. The van der Waals surface area contributed by atoms with E-state index in [1.165, 1.54) is 43.4 Å². The van der Waals surface area contributed by atoms with Crippen LogP contribution in [-0.4, -0.2) is 22.8 Å². The average Bonchev–Trinajstić information content (AvgIpc) is 2.86. The molecule has 0 spiro atoms. The van der Waals surface area contributed by atoms with Crippen LogP contribution in [0.5, 0.6) is 0 Å². The molecule has 0 aliphatic heterocycles. The molecule has 0 bridgehead atoms. The van der Waals surface area contributed by atoms with E-state index >= 15 is 0 Å². The van der Waals surface area contributed by atoms with Crippen molar-refractivity contribution in [1.29, 1.82) is 0 Å². The van der Waals surface area contributed by atoms with Gasteiger partial charge in [-0.3, -0.25) is 0 Å². The lowest BCUT2D eigenvalue weighted by atomic mass is 9.57. The highest BCUT2D eigenvalue weighted by atomic mass is 14.7. The number of aromatic nitrogens is 2. The van der Waals surface area contributed by atoms with Crippen molar-refractivity contribution in [3.8, 4) is 10.9 Å². The Morgan fingerprint density at radius 1 is 0.500 bits per heavy atom. The molecule has 36 heavy (non-hydrogen) atoms. The summed E-state index contributed by atoms with van der Waals surface area (Å²) in [5, 5.41) is 5.14. The van der Waals surface area contributed by atoms with E-state index in [9.17, 15) is 0 Å². The van der Waals surface area contributed by atoms with Crippen LogP contribution in [0, 0.1) is 0 Å². The molecule has 0 saturated carbocycles. The minimum atomic E-state index is -0.0349. The molecule has 0 amide bonds. The molecule has 2 aromatic heterocycles. The highest BCUT2D eigenvalue weighted by molar-refractivity contribution is 6.78. The Hall–Kier alpha value is -3.39. The van der Waals surface area contributed by atoms with Gasteiger partial charge in [-0.15, -0.1) is 0 Å². The van der Waals surface area contributed by atoms with Crippen LogP contribution in [0.2, 0.25) is 0 Å². The average molecular weight is 466 g/mol. The van der Waals surface area contributed by atoms with Crippen LogP contribution in [0.3, 0.4) is 0 Å². The lowest BCUT2D eigenvalue weighted by Gasteiger charge is -2.32. The summed E-state index contributed by atoms with van der Waals surface area (Å²) in [6.07, 6.45) is 0. The molecule has 0 aliphatic rings. The van der Waals surface area contributed by atoms with Gasteiger partial charge in [0.1, 0.15) is 0 Å². The Bertz CT molecular complexity index is 1620. The molecule has 0 radical (unpaired) electrons. The van der Waals surface area contributed by atoms with E-state index in [1.54, 1.807) is 0 Å². The van der Waals surface area contributed by atoms with Gasteiger partial charge < -0.3 is 9.78 Å². The zero-order chi connectivity index (χ0) is 25.2. The standard InChI is InChI=1S/C32H32B2N2/c1-31(2,3)21-17-25-29-26(18-21)34(24-15-11-8-12-16-24)36-28-20-22(32(4,5)6)19-27(30(28)29)35-33(25)23-13-9-7-10-14-23/h7-20H,1-6H3/q-2. The summed E-state index contributed by atoms with van der Waals surface area (Å²) < 4.78 is 0. The van der Waals surface area contributed by atoms with E-state index in [-0.39, 0.29) is 23.8 Å². The minimum Gasteiger partial charge on any atom is -0.511 e. The third kappa shape index (κ3) is 3.75. The highest BCUT2D eigenvalue weighted by Gasteiger charge is 2.19. The number of hydrogen-bond acceptors (Lipinski definition) is 2. The fourth-order valence-electron chi connectivity index (χ4n) is 5.54. The van der Waals surface area contributed by atoms with Gasteiger partial charge in [-0.2, -0.15) is 10.6 Å². The number of benzene rings is 4. The molecule has 0 atom stereocenters. The largest absolute Gasteiger partial charge is 0.511 e. The topological polar surface area (TPSA) is 25.8 Å². The molecule has 0 fully saturated rings. The third-order valence-electron chi connectivity index (χ3n) is 7.63. The van der Waals surface area contributed by atoms with Crippen LogP contribution >= 0.6 is 0 Å². The number of rotatable bonds is 2. The molecule has 4 heteroatoms. The van der Waals surface area contributed by atoms with Crippen LogP contribution in [0.1, 0.15) is 52.7 Å². The fraction of sp³-hybridized carbons (Fsp3) is 0.250. The fourth-order valence-corrected chi connectivity index (χ4v) is 5.54. The molecular formula is C32H32B2N2-2. The summed E-state index contributed by atoms with van der Waals surface area (Å²) in [6.45, 7) is 13.6. The molecule has 0 saturated heterocycles. The maximum Gasteiger partial charge on any atom is 0.0212 e. The summed E-state index contributed by atoms with van der Waals surface area (Å²) in [5.74, 6) is 0. The van der Waals surface area contributed by atoms with Gasteiger partial charge in [-0.05, 0) is 34.1 Å². The zero-order valence-corrected chi connectivity index (χ0v) is 22.1. The molecule has 178 valence electrons. The maximum absolute atomic E-state index is 5.43. The molecule has 0 N–H and O–H groups in total. The Kier molecular flexibility index (Phi) is 5.16. The second kappa shape index (κ2) is 8.06. The quantitative estimate of drug-likeness (QED) is 0.242. The van der Waals surface area contributed by atoms with E-state index in [1.807, 2.05) is 0 Å². The summed E-state index contributed by atoms with van der Waals surface area (Å²) >= 11 is 0. The molecule has 2 nitrogen and oxygen atoms in total. The first kappa shape index (κ1) is 23.0. The van der Waals surface area contributed by atoms with Crippen molar-refractivity contribution in [1.82, 2.24) is 9.78 Å². The Morgan fingerprint density at radius 2 is 0.889 bits per heavy atom. The lowest BCUT2D eigenvalue weighted by molar-refractivity contribution is 0.591. The summed E-state index contributed by atoms with van der Waals surface area (Å²) in [5.41, 5.74) is 7.25. The Balaban J connectivity index is 1.88. The van der Waals surface area contributed by atoms with E-state index in [0.29, 0.717) is 0 Å². The van der Waals surface area contributed by atoms with Gasteiger partial charge in [0.05, 0.1) is 0 Å². The minimum absolute atomic E-state index is 0.0116. The van der Waals surface area contributed by atoms with Crippen LogP contribution in [0.25, 0.3) is 43.3 Å². The first-order valence-corrected chi connectivity index (χ1v) is 13.0. The summed E-state index contributed by atoms with van der Waals surface area (Å²) in [6, 6.07) is 31.0. The van der Waals surface area contributed by atoms with Gasteiger partial charge in [0.2, 0.25) is 0 Å². The van der Waals surface area contributed by atoms with Gasteiger partial charge in [0.25, 0.3) is 0 Å². The van der Waals surface area contributed by atoms with Crippen molar-refractivity contribution >= 4 is 45.3 Å². The highest BCUT2D eigenvalue weighted by Crippen LogP contribution is 2.39. The molecule has 4 aromatic carbocycles. The predicted octanol–water partition coefficient (Wildman–Crippen LogP) is 8.00. The van der Waals surface area contributed by atoms with Gasteiger partial charge in [0.15, 0.2) is 0 Å². The van der Waals surface area contributed by atoms with E-state index in [4.69, 9.17) is 9.78 Å². The van der Waals surface area contributed by atoms with Crippen LogP contribution < -0.4 is 0 Å². The van der Waals surface area contributed by atoms with Gasteiger partial charge in [-0.1, -0.05) is 120 Å². The van der Waals surface area contributed by atoms with Crippen molar-refractivity contribution in [3.05, 3.63) is 96.1 Å². The van der Waals surface area contributed by atoms with Crippen molar-refractivity contribution in [3.63, 3.8) is 0 Å². The van der Waals surface area contributed by atoms with Crippen molar-refractivity contribution < 1.29 is 0 Å². The molecule has 6 aromatic rings. The van der Waals surface area contributed by atoms with E-state index in [0.717, 1.165) is 11.0 Å². The Morgan fingerprint density at radius 3 is 1.28 bits per heavy atom. The van der Waals surface area contributed by atoms with Crippen LogP contribution in [0.15, 0.2) is 84.9 Å². The number of hydrogen-bond donors (Lipinski definition) is 0. The Labute approximate surface area is 214 Å². The molecule has 0 aliphatic carbocycles. The molecule has 0 unspecified atom stereocenters. The first-order chi connectivity index (χ1) is 17.1. The van der Waals surface area contributed by atoms with E-state index < -0.39 is 0 Å². The summed E-state index contributed by atoms with van der Waals surface area (Å²) in [7, 11) is 0. The second-order valence-corrected chi connectivity index (χ2v) is 12.3. The third-order valence-corrected chi connectivity index (χ3v) is 7.63. The maximum atomic E-state index is 5.43. The van der Waals surface area contributed by atoms with Gasteiger partial charge >= 0.3 is 0 Å². The summed E-state index contributed by atoms with van der Waals surface area (Å²) in [4.78, 5) is 10.9. The normalized spacial score (nSPS) is 12.7. The molecule has 6 rings (SSSR count). The smallest absolute Gasteiger partial charge is 0.0212 e. The zero-order valence-electron chi connectivity index (χ0n) is 22.1. The van der Waals surface area contributed by atoms with E-state index in [2.05, 4.69) is 126 Å². The van der Waals surface area contributed by atoms with Gasteiger partial charge in [-0.25, -0.2) is 10.9 Å². The van der Waals surface area contributed by atoms with Crippen molar-refractivity contribution in [2.24, 2.45) is 0 Å².